The number of hydrogen-bond acceptors (Lipinski definition) is 4. The monoisotopic (exact) mass is 292 g/mol. The fraction of sp³-hybridized carbons (Fsp3) is 0.750. The molecule has 0 radical (unpaired) electrons. The lowest BCUT2D eigenvalue weighted by atomic mass is 10.1. The van der Waals surface area contributed by atoms with Crippen molar-refractivity contribution in [3.05, 3.63) is 12.7 Å². The second kappa shape index (κ2) is 8.29. The molecule has 0 aliphatic carbocycles. The predicted octanol–water partition coefficient (Wildman–Crippen LogP) is -1.09. The minimum atomic E-state index is -4.16. The molecular formula is C12H24N2O4S. The molecule has 0 aromatic rings. The average Bonchev–Trinajstić information content (AvgIpc) is 2.33. The molecule has 0 aliphatic heterocycles. The molecule has 3 atom stereocenters. The van der Waals surface area contributed by atoms with Crippen LogP contribution in [0.3, 0.4) is 0 Å². The van der Waals surface area contributed by atoms with Crippen LogP contribution in [0.2, 0.25) is 0 Å². The highest BCUT2D eigenvalue weighted by molar-refractivity contribution is 7.85. The average molecular weight is 292 g/mol. The van der Waals surface area contributed by atoms with Crippen LogP contribution in [-0.2, 0) is 14.9 Å². The summed E-state index contributed by atoms with van der Waals surface area (Å²) in [4.78, 5) is 12.3. The van der Waals surface area contributed by atoms with E-state index in [1.54, 1.807) is 0 Å². The summed E-state index contributed by atoms with van der Waals surface area (Å²) in [6, 6.07) is 0.183. The van der Waals surface area contributed by atoms with Crippen LogP contribution in [0.25, 0.3) is 0 Å². The van der Waals surface area contributed by atoms with Gasteiger partial charge < -0.3 is 14.8 Å². The second-order valence-electron chi connectivity index (χ2n) is 4.73. The first-order valence-corrected chi connectivity index (χ1v) is 7.98. The highest BCUT2D eigenvalue weighted by Gasteiger charge is 2.22. The van der Waals surface area contributed by atoms with Crippen molar-refractivity contribution in [1.29, 1.82) is 0 Å². The van der Waals surface area contributed by atoms with Crippen molar-refractivity contribution in [3.8, 4) is 0 Å². The minimum absolute atomic E-state index is 0.0457. The molecule has 3 unspecified atom stereocenters. The molecular weight excluding hydrogens is 268 g/mol. The molecule has 0 heterocycles. The van der Waals surface area contributed by atoms with Gasteiger partial charge in [0.15, 0.2) is 0 Å². The first-order valence-electron chi connectivity index (χ1n) is 6.40. The molecule has 0 fully saturated rings. The third-order valence-electron chi connectivity index (χ3n) is 3.24. The van der Waals surface area contributed by atoms with Crippen LogP contribution in [0.15, 0.2) is 12.7 Å². The van der Waals surface area contributed by atoms with Crippen LogP contribution in [0.4, 0.5) is 0 Å². The molecule has 0 spiro atoms. The maximum absolute atomic E-state index is 11.1. The Balaban J connectivity index is 4.37. The van der Waals surface area contributed by atoms with Gasteiger partial charge in [0, 0.05) is 12.2 Å². The Hall–Kier alpha value is -0.920. The van der Waals surface area contributed by atoms with Crippen LogP contribution in [0, 0.1) is 0 Å². The lowest BCUT2D eigenvalue weighted by molar-refractivity contribution is -0.943. The molecule has 112 valence electrons. The van der Waals surface area contributed by atoms with Crippen molar-refractivity contribution >= 4 is 16.0 Å². The third-order valence-corrected chi connectivity index (χ3v) is 3.98. The second-order valence-corrected chi connectivity index (χ2v) is 6.25. The van der Waals surface area contributed by atoms with E-state index in [0.717, 1.165) is 11.4 Å². The first kappa shape index (κ1) is 18.1. The van der Waals surface area contributed by atoms with Gasteiger partial charge in [-0.05, 0) is 26.8 Å². The summed E-state index contributed by atoms with van der Waals surface area (Å²) in [5.74, 6) is -0.569. The normalized spacial score (nSPS) is 16.4. The minimum Gasteiger partial charge on any atom is -0.748 e. The van der Waals surface area contributed by atoms with E-state index < -0.39 is 10.1 Å². The summed E-state index contributed by atoms with van der Waals surface area (Å²) in [6.45, 7) is 10.5. The lowest BCUT2D eigenvalue weighted by Crippen LogP contribution is -3.19. The van der Waals surface area contributed by atoms with Crippen molar-refractivity contribution < 1.29 is 22.7 Å². The highest BCUT2D eigenvalue weighted by Crippen LogP contribution is 1.93. The summed E-state index contributed by atoms with van der Waals surface area (Å²) in [5.41, 5.74) is 0. The van der Waals surface area contributed by atoms with Gasteiger partial charge in [-0.3, -0.25) is 4.79 Å². The van der Waals surface area contributed by atoms with Gasteiger partial charge in [0.1, 0.15) is 6.04 Å². The molecule has 0 rings (SSSR count). The van der Waals surface area contributed by atoms with Crippen molar-refractivity contribution in [2.45, 2.75) is 39.3 Å². The van der Waals surface area contributed by atoms with Gasteiger partial charge in [-0.2, -0.15) is 0 Å². The summed E-state index contributed by atoms with van der Waals surface area (Å²) >= 11 is 0. The van der Waals surface area contributed by atoms with Crippen molar-refractivity contribution in [3.63, 3.8) is 0 Å². The van der Waals surface area contributed by atoms with Gasteiger partial charge >= 0.3 is 0 Å². The number of carbonyl (C=O) groups is 1. The Morgan fingerprint density at radius 1 is 1.42 bits per heavy atom. The van der Waals surface area contributed by atoms with Crippen molar-refractivity contribution in [2.24, 2.45) is 0 Å². The summed E-state index contributed by atoms with van der Waals surface area (Å²) in [6.07, 6.45) is 1.54. The SMILES string of the molecule is C=CC(=O)NCC(C)[NH+](CC)C(C)CCS(=O)(=O)[O-]. The summed E-state index contributed by atoms with van der Waals surface area (Å²) in [5, 5.41) is 2.72. The molecule has 0 aromatic heterocycles. The zero-order chi connectivity index (χ0) is 15.1. The number of hydrogen-bond donors (Lipinski definition) is 2. The van der Waals surface area contributed by atoms with Crippen LogP contribution in [0.5, 0.6) is 0 Å². The number of likely N-dealkylation sites (N-methyl/N-ethyl adjacent to an activating group) is 1. The zero-order valence-corrected chi connectivity index (χ0v) is 12.6. The lowest BCUT2D eigenvalue weighted by Gasteiger charge is -2.31. The van der Waals surface area contributed by atoms with Crippen LogP contribution in [-0.4, -0.2) is 49.8 Å². The van der Waals surface area contributed by atoms with Gasteiger partial charge in [0.2, 0.25) is 5.91 Å². The number of quaternary nitrogens is 1. The van der Waals surface area contributed by atoms with Gasteiger partial charge in [-0.15, -0.1) is 0 Å². The number of carbonyl (C=O) groups excluding carboxylic acids is 1. The first-order chi connectivity index (χ1) is 8.71. The molecule has 0 aliphatic rings. The van der Waals surface area contributed by atoms with Crippen LogP contribution in [0.1, 0.15) is 27.2 Å². The predicted molar refractivity (Wildman–Crippen MR) is 72.8 cm³/mol. The third kappa shape index (κ3) is 7.97. The molecule has 6 nitrogen and oxygen atoms in total. The topological polar surface area (TPSA) is 90.7 Å². The highest BCUT2D eigenvalue weighted by atomic mass is 32.2. The van der Waals surface area contributed by atoms with Gasteiger partial charge in [-0.25, -0.2) is 8.42 Å². The number of amides is 1. The van der Waals surface area contributed by atoms with E-state index in [2.05, 4.69) is 11.9 Å². The van der Waals surface area contributed by atoms with Crippen LogP contribution >= 0.6 is 0 Å². The smallest absolute Gasteiger partial charge is 0.243 e. The molecule has 19 heavy (non-hydrogen) atoms. The Labute approximate surface area is 115 Å². The summed E-state index contributed by atoms with van der Waals surface area (Å²) < 4.78 is 31.9. The van der Waals surface area contributed by atoms with E-state index in [1.807, 2.05) is 20.8 Å². The van der Waals surface area contributed by atoms with E-state index in [-0.39, 0.29) is 23.7 Å². The maximum atomic E-state index is 11.1. The molecule has 0 aromatic carbocycles. The molecule has 7 heteroatoms. The van der Waals surface area contributed by atoms with E-state index in [4.69, 9.17) is 0 Å². The molecule has 2 N–H and O–H groups in total. The number of rotatable bonds is 9. The zero-order valence-electron chi connectivity index (χ0n) is 11.8. The maximum Gasteiger partial charge on any atom is 0.243 e. The fourth-order valence-corrected chi connectivity index (χ4v) is 2.79. The largest absolute Gasteiger partial charge is 0.748 e. The van der Waals surface area contributed by atoms with Gasteiger partial charge in [0.25, 0.3) is 0 Å². The molecule has 0 bridgehead atoms. The van der Waals surface area contributed by atoms with Crippen LogP contribution < -0.4 is 10.2 Å². The van der Waals surface area contributed by atoms with E-state index >= 15 is 0 Å². The van der Waals surface area contributed by atoms with Crippen molar-refractivity contribution in [1.82, 2.24) is 5.32 Å². The standard InChI is InChI=1S/C12H24N2O4S/c1-5-12(15)13-9-11(4)14(6-2)10(3)7-8-19(16,17)18/h5,10-11H,1,6-9H2,2-4H3,(H,13,15)(H,16,17,18). The molecule has 1 amide bonds. The summed E-state index contributed by atoms with van der Waals surface area (Å²) in [7, 11) is -4.16. The van der Waals surface area contributed by atoms with E-state index in [9.17, 15) is 17.8 Å². The van der Waals surface area contributed by atoms with E-state index in [1.165, 1.54) is 6.08 Å². The Bertz CT molecular complexity index is 395. The van der Waals surface area contributed by atoms with Gasteiger partial charge in [-0.1, -0.05) is 6.58 Å². The Kier molecular flexibility index (Phi) is 7.89. The fourth-order valence-electron chi connectivity index (χ4n) is 2.15. The van der Waals surface area contributed by atoms with E-state index in [0.29, 0.717) is 13.0 Å². The number of nitrogens with one attached hydrogen (secondary N) is 2. The van der Waals surface area contributed by atoms with Crippen molar-refractivity contribution in [2.75, 3.05) is 18.8 Å². The Morgan fingerprint density at radius 2 is 2.00 bits per heavy atom. The molecule has 0 saturated heterocycles. The van der Waals surface area contributed by atoms with Gasteiger partial charge in [0.05, 0.1) is 29.2 Å². The Morgan fingerprint density at radius 3 is 2.42 bits per heavy atom. The quantitative estimate of drug-likeness (QED) is 0.417. The molecule has 0 saturated carbocycles.